The van der Waals surface area contributed by atoms with E-state index in [-0.39, 0.29) is 24.7 Å². The van der Waals surface area contributed by atoms with Gasteiger partial charge in [0.15, 0.2) is 6.61 Å². The van der Waals surface area contributed by atoms with Crippen molar-refractivity contribution in [3.8, 4) is 5.75 Å². The quantitative estimate of drug-likeness (QED) is 0.600. The van der Waals surface area contributed by atoms with E-state index in [2.05, 4.69) is 10.3 Å². The highest BCUT2D eigenvalue weighted by molar-refractivity contribution is 5.77. The maximum absolute atomic E-state index is 11.2. The molecule has 0 saturated heterocycles. The van der Waals surface area contributed by atoms with E-state index in [1.54, 1.807) is 24.3 Å². The fourth-order valence-electron chi connectivity index (χ4n) is 1.21. The Hall–Kier alpha value is -2.08. The number of para-hydroxylation sites is 1. The first-order valence-corrected chi connectivity index (χ1v) is 5.05. The number of aryl methyl sites for hydroxylation is 1. The van der Waals surface area contributed by atoms with Crippen LogP contribution in [0.25, 0.3) is 0 Å². The van der Waals surface area contributed by atoms with Gasteiger partial charge >= 0.3 is 0 Å². The lowest BCUT2D eigenvalue weighted by Gasteiger charge is -2.05. The second kappa shape index (κ2) is 6.49. The molecule has 1 aromatic carbocycles. The van der Waals surface area contributed by atoms with Crippen LogP contribution in [0.1, 0.15) is 12.0 Å². The van der Waals surface area contributed by atoms with E-state index in [9.17, 15) is 14.7 Å². The molecule has 0 atom stereocenters. The van der Waals surface area contributed by atoms with Gasteiger partial charge in [0.25, 0.3) is 0 Å². The smallest absolute Gasteiger partial charge is 0.246 e. The molecule has 92 valence electrons. The average molecular weight is 238 g/mol. The van der Waals surface area contributed by atoms with Crippen molar-refractivity contribution in [2.24, 2.45) is 5.73 Å². The molecule has 0 bridgehead atoms. The first kappa shape index (κ1) is 13.0. The number of primary amides is 1. The van der Waals surface area contributed by atoms with Crippen molar-refractivity contribution in [3.05, 3.63) is 29.8 Å². The zero-order chi connectivity index (χ0) is 12.7. The number of carbonyl (C=O) groups is 2. The van der Waals surface area contributed by atoms with Crippen LogP contribution in [0, 0.1) is 0 Å². The molecule has 0 radical (unpaired) electrons. The number of hydroxylamine groups is 1. The number of phenolic OH excluding ortho intramolecular Hbond substituents is 1. The molecule has 0 aliphatic carbocycles. The highest BCUT2D eigenvalue weighted by Crippen LogP contribution is 2.16. The Balaban J connectivity index is 2.29. The van der Waals surface area contributed by atoms with Crippen molar-refractivity contribution in [2.75, 3.05) is 6.61 Å². The minimum Gasteiger partial charge on any atom is -0.508 e. The molecule has 6 nitrogen and oxygen atoms in total. The zero-order valence-electron chi connectivity index (χ0n) is 9.18. The number of aromatic hydroxyl groups is 1. The van der Waals surface area contributed by atoms with Gasteiger partial charge in [0.2, 0.25) is 11.8 Å². The molecular formula is C11H14N2O4. The van der Waals surface area contributed by atoms with E-state index in [1.165, 1.54) is 0 Å². The summed E-state index contributed by atoms with van der Waals surface area (Å²) < 4.78 is 0. The van der Waals surface area contributed by atoms with E-state index >= 15 is 0 Å². The fraction of sp³-hybridized carbons (Fsp3) is 0.273. The Bertz CT molecular complexity index is 406. The van der Waals surface area contributed by atoms with E-state index in [4.69, 9.17) is 5.73 Å². The maximum Gasteiger partial charge on any atom is 0.246 e. The first-order valence-electron chi connectivity index (χ1n) is 5.05. The average Bonchev–Trinajstić information content (AvgIpc) is 2.27. The first-order chi connectivity index (χ1) is 8.09. The topological polar surface area (TPSA) is 102 Å². The summed E-state index contributed by atoms with van der Waals surface area (Å²) >= 11 is 0. The summed E-state index contributed by atoms with van der Waals surface area (Å²) in [5.41, 5.74) is 7.58. The molecule has 0 aliphatic heterocycles. The minimum absolute atomic E-state index is 0.149. The van der Waals surface area contributed by atoms with Crippen LogP contribution >= 0.6 is 0 Å². The third-order valence-corrected chi connectivity index (χ3v) is 2.01. The lowest BCUT2D eigenvalue weighted by atomic mass is 10.1. The lowest BCUT2D eigenvalue weighted by molar-refractivity contribution is -0.137. The number of carbonyl (C=O) groups excluding carboxylic acids is 2. The molecule has 0 unspecified atom stereocenters. The molecular weight excluding hydrogens is 224 g/mol. The molecule has 0 saturated carbocycles. The Kier molecular flexibility index (Phi) is 4.96. The SMILES string of the molecule is NC(=O)CONC(=O)CCc1ccccc1O. The van der Waals surface area contributed by atoms with Crippen LogP contribution in [0.3, 0.4) is 0 Å². The largest absolute Gasteiger partial charge is 0.508 e. The number of hydrogen-bond donors (Lipinski definition) is 3. The molecule has 4 N–H and O–H groups in total. The maximum atomic E-state index is 11.2. The molecule has 0 aromatic heterocycles. The number of nitrogens with two attached hydrogens (primary N) is 1. The Labute approximate surface area is 98.3 Å². The summed E-state index contributed by atoms with van der Waals surface area (Å²) in [4.78, 5) is 26.1. The van der Waals surface area contributed by atoms with Gasteiger partial charge in [-0.3, -0.25) is 14.4 Å². The van der Waals surface area contributed by atoms with Gasteiger partial charge in [-0.25, -0.2) is 5.48 Å². The van der Waals surface area contributed by atoms with Crippen molar-refractivity contribution in [1.29, 1.82) is 0 Å². The summed E-state index contributed by atoms with van der Waals surface area (Å²) in [6.45, 7) is -0.359. The minimum atomic E-state index is -0.661. The summed E-state index contributed by atoms with van der Waals surface area (Å²) in [6, 6.07) is 6.76. The molecule has 1 aromatic rings. The third kappa shape index (κ3) is 4.98. The van der Waals surface area contributed by atoms with Gasteiger partial charge in [-0.2, -0.15) is 0 Å². The van der Waals surface area contributed by atoms with Crippen molar-refractivity contribution in [3.63, 3.8) is 0 Å². The predicted molar refractivity (Wildman–Crippen MR) is 59.7 cm³/mol. The van der Waals surface area contributed by atoms with E-state index in [0.29, 0.717) is 12.0 Å². The van der Waals surface area contributed by atoms with Crippen LogP contribution in [0.4, 0.5) is 0 Å². The number of rotatable bonds is 6. The second-order valence-electron chi connectivity index (χ2n) is 3.41. The molecule has 6 heteroatoms. The van der Waals surface area contributed by atoms with Crippen molar-refractivity contribution in [2.45, 2.75) is 12.8 Å². The van der Waals surface area contributed by atoms with Crippen molar-refractivity contribution >= 4 is 11.8 Å². The van der Waals surface area contributed by atoms with Gasteiger partial charge in [0, 0.05) is 6.42 Å². The molecule has 0 fully saturated rings. The van der Waals surface area contributed by atoms with Crippen LogP contribution in [0.15, 0.2) is 24.3 Å². The number of benzene rings is 1. The van der Waals surface area contributed by atoms with Crippen LogP contribution in [0.5, 0.6) is 5.75 Å². The third-order valence-electron chi connectivity index (χ3n) is 2.01. The molecule has 0 heterocycles. The Morgan fingerprint density at radius 1 is 1.35 bits per heavy atom. The Morgan fingerprint density at radius 3 is 2.71 bits per heavy atom. The normalized spacial score (nSPS) is 9.88. The molecule has 0 aliphatic rings. The molecule has 2 amide bonds. The summed E-state index contributed by atoms with van der Waals surface area (Å²) in [5, 5.41) is 9.45. The molecule has 17 heavy (non-hydrogen) atoms. The molecule has 1 rings (SSSR count). The van der Waals surface area contributed by atoms with Gasteiger partial charge in [-0.05, 0) is 18.1 Å². The summed E-state index contributed by atoms with van der Waals surface area (Å²) in [5.74, 6) is -0.890. The van der Waals surface area contributed by atoms with Gasteiger partial charge < -0.3 is 10.8 Å². The van der Waals surface area contributed by atoms with Gasteiger partial charge in [0.1, 0.15) is 5.75 Å². The number of amides is 2. The Morgan fingerprint density at radius 2 is 2.06 bits per heavy atom. The highest BCUT2D eigenvalue weighted by atomic mass is 16.7. The van der Waals surface area contributed by atoms with E-state index in [1.807, 2.05) is 0 Å². The number of nitrogens with one attached hydrogen (secondary N) is 1. The summed E-state index contributed by atoms with van der Waals surface area (Å²) in [6.07, 6.45) is 0.536. The van der Waals surface area contributed by atoms with Crippen molar-refractivity contribution in [1.82, 2.24) is 5.48 Å². The molecule has 0 spiro atoms. The van der Waals surface area contributed by atoms with Crippen LogP contribution in [-0.4, -0.2) is 23.5 Å². The standard InChI is InChI=1S/C11H14N2O4/c12-10(15)7-17-13-11(16)6-5-8-3-1-2-4-9(8)14/h1-4,14H,5-7H2,(H2,12,15)(H,13,16). The van der Waals surface area contributed by atoms with Crippen molar-refractivity contribution < 1.29 is 19.5 Å². The fourth-order valence-corrected chi connectivity index (χ4v) is 1.21. The second-order valence-corrected chi connectivity index (χ2v) is 3.41. The number of hydrogen-bond acceptors (Lipinski definition) is 4. The number of phenols is 1. The van der Waals surface area contributed by atoms with Gasteiger partial charge in [0.05, 0.1) is 0 Å². The van der Waals surface area contributed by atoms with E-state index in [0.717, 1.165) is 0 Å². The van der Waals surface area contributed by atoms with Crippen LogP contribution in [0.2, 0.25) is 0 Å². The lowest BCUT2D eigenvalue weighted by Crippen LogP contribution is -2.29. The zero-order valence-corrected chi connectivity index (χ0v) is 9.18. The highest BCUT2D eigenvalue weighted by Gasteiger charge is 2.05. The summed E-state index contributed by atoms with van der Waals surface area (Å²) in [7, 11) is 0. The van der Waals surface area contributed by atoms with Crippen LogP contribution in [-0.2, 0) is 20.8 Å². The van der Waals surface area contributed by atoms with Gasteiger partial charge in [-0.1, -0.05) is 18.2 Å². The van der Waals surface area contributed by atoms with Crippen LogP contribution < -0.4 is 11.2 Å². The van der Waals surface area contributed by atoms with Gasteiger partial charge in [-0.15, -0.1) is 0 Å². The van der Waals surface area contributed by atoms with E-state index < -0.39 is 5.91 Å². The monoisotopic (exact) mass is 238 g/mol. The predicted octanol–water partition coefficient (Wildman–Crippen LogP) is -0.142.